The van der Waals surface area contributed by atoms with Crippen LogP contribution in [-0.2, 0) is 6.54 Å². The van der Waals surface area contributed by atoms with E-state index in [1.165, 1.54) is 0 Å². The Morgan fingerprint density at radius 2 is 2.00 bits per heavy atom. The molecule has 0 aliphatic carbocycles. The largest absolute Gasteiger partial charge is 0.348 e. The average molecular weight is 315 g/mol. The lowest BCUT2D eigenvalue weighted by Crippen LogP contribution is -2.24. The lowest BCUT2D eigenvalue weighted by molar-refractivity contribution is 0.0950. The minimum absolute atomic E-state index is 0.161. The van der Waals surface area contributed by atoms with Crippen LogP contribution in [-0.4, -0.2) is 10.9 Å². The maximum atomic E-state index is 12.5. The molecule has 2 aromatic carbocycles. The highest BCUT2D eigenvalue weighted by atomic mass is 16.1. The van der Waals surface area contributed by atoms with Crippen molar-refractivity contribution >= 4 is 16.8 Å². The number of pyridine rings is 1. The van der Waals surface area contributed by atoms with E-state index in [0.29, 0.717) is 23.4 Å². The van der Waals surface area contributed by atoms with Crippen molar-refractivity contribution in [1.82, 2.24) is 10.3 Å². The summed E-state index contributed by atoms with van der Waals surface area (Å²) < 4.78 is 0. The number of carbonyl (C=O) groups is 1. The van der Waals surface area contributed by atoms with Crippen molar-refractivity contribution in [2.75, 3.05) is 0 Å². The fraction of sp³-hybridized carbons (Fsp3) is 0.150. The van der Waals surface area contributed by atoms with Crippen LogP contribution >= 0.6 is 0 Å². The first-order valence-electron chi connectivity index (χ1n) is 7.72. The van der Waals surface area contributed by atoms with Crippen LogP contribution in [0.3, 0.4) is 0 Å². The molecule has 0 aliphatic heterocycles. The molecule has 0 unspecified atom stereocenters. The Morgan fingerprint density at radius 1 is 1.17 bits per heavy atom. The quantitative estimate of drug-likeness (QED) is 0.802. The van der Waals surface area contributed by atoms with E-state index in [1.54, 1.807) is 12.1 Å². The molecule has 3 rings (SSSR count). The number of carbonyl (C=O) groups excluding carboxylic acids is 1. The number of hydrogen-bond acceptors (Lipinski definition) is 3. The van der Waals surface area contributed by atoms with Crippen LogP contribution < -0.4 is 5.32 Å². The number of hydrogen-bond donors (Lipinski definition) is 1. The molecule has 0 radical (unpaired) electrons. The number of rotatable bonds is 3. The fourth-order valence-corrected chi connectivity index (χ4v) is 2.65. The van der Waals surface area contributed by atoms with Crippen molar-refractivity contribution in [1.29, 1.82) is 5.26 Å². The number of nitrogens with one attached hydrogen (secondary N) is 1. The first-order valence-corrected chi connectivity index (χ1v) is 7.72. The van der Waals surface area contributed by atoms with Crippen molar-refractivity contribution in [3.05, 3.63) is 76.5 Å². The summed E-state index contributed by atoms with van der Waals surface area (Å²) in [5.41, 5.74) is 4.77. The van der Waals surface area contributed by atoms with Gasteiger partial charge in [0.25, 0.3) is 5.91 Å². The van der Waals surface area contributed by atoms with Gasteiger partial charge in [0.1, 0.15) is 0 Å². The summed E-state index contributed by atoms with van der Waals surface area (Å²) >= 11 is 0. The summed E-state index contributed by atoms with van der Waals surface area (Å²) in [7, 11) is 0. The monoisotopic (exact) mass is 315 g/mol. The number of aromatic nitrogens is 1. The molecule has 1 heterocycles. The molecule has 0 fully saturated rings. The molecule has 3 aromatic rings. The summed E-state index contributed by atoms with van der Waals surface area (Å²) in [6.07, 6.45) is 0. The maximum Gasteiger partial charge on any atom is 0.253 e. The summed E-state index contributed by atoms with van der Waals surface area (Å²) in [5.74, 6) is -0.161. The van der Waals surface area contributed by atoms with E-state index in [4.69, 9.17) is 5.26 Å². The maximum absolute atomic E-state index is 12.5. The highest BCUT2D eigenvalue weighted by Crippen LogP contribution is 2.18. The van der Waals surface area contributed by atoms with Gasteiger partial charge >= 0.3 is 0 Å². The van der Waals surface area contributed by atoms with Gasteiger partial charge in [-0.2, -0.15) is 5.26 Å². The Labute approximate surface area is 140 Å². The van der Waals surface area contributed by atoms with Gasteiger partial charge in [-0.3, -0.25) is 9.78 Å². The van der Waals surface area contributed by atoms with Gasteiger partial charge in [-0.15, -0.1) is 0 Å². The fourth-order valence-electron chi connectivity index (χ4n) is 2.65. The molecule has 1 aromatic heterocycles. The predicted octanol–water partition coefficient (Wildman–Crippen LogP) is 3.65. The van der Waals surface area contributed by atoms with Crippen molar-refractivity contribution in [3.8, 4) is 6.07 Å². The van der Waals surface area contributed by atoms with Gasteiger partial charge in [0.05, 0.1) is 28.4 Å². The summed E-state index contributed by atoms with van der Waals surface area (Å²) in [4.78, 5) is 17.0. The Kier molecular flexibility index (Phi) is 4.26. The standard InChI is InChI=1S/C20H17N3O/c1-13-6-7-19-17(8-13)10-18(14(2)23-19)20(24)22-12-16-5-3-4-15(9-16)11-21/h3-10H,12H2,1-2H3,(H,22,24). The van der Waals surface area contributed by atoms with E-state index in [-0.39, 0.29) is 5.91 Å². The van der Waals surface area contributed by atoms with Crippen LogP contribution in [0.2, 0.25) is 0 Å². The van der Waals surface area contributed by atoms with Crippen LogP contribution in [0.1, 0.15) is 32.7 Å². The van der Waals surface area contributed by atoms with Gasteiger partial charge in [-0.1, -0.05) is 23.8 Å². The van der Waals surface area contributed by atoms with Crippen molar-refractivity contribution in [2.24, 2.45) is 0 Å². The molecule has 1 amide bonds. The summed E-state index contributed by atoms with van der Waals surface area (Å²) in [5, 5.41) is 12.8. The highest BCUT2D eigenvalue weighted by Gasteiger charge is 2.11. The second-order valence-electron chi connectivity index (χ2n) is 5.81. The van der Waals surface area contributed by atoms with Gasteiger partial charge in [-0.25, -0.2) is 0 Å². The van der Waals surface area contributed by atoms with Crippen LogP contribution in [0.5, 0.6) is 0 Å². The normalized spacial score (nSPS) is 10.4. The van der Waals surface area contributed by atoms with E-state index in [1.807, 2.05) is 50.2 Å². The van der Waals surface area contributed by atoms with Crippen molar-refractivity contribution < 1.29 is 4.79 Å². The average Bonchev–Trinajstić information content (AvgIpc) is 2.59. The Hall–Kier alpha value is -3.19. The SMILES string of the molecule is Cc1ccc2nc(C)c(C(=O)NCc3cccc(C#N)c3)cc2c1. The first-order chi connectivity index (χ1) is 11.6. The second kappa shape index (κ2) is 6.51. The molecule has 0 bridgehead atoms. The third-order valence-corrected chi connectivity index (χ3v) is 3.91. The Bertz CT molecular complexity index is 970. The number of nitrogens with zero attached hydrogens (tertiary/aromatic N) is 2. The number of fused-ring (bicyclic) bond motifs is 1. The first kappa shape index (κ1) is 15.7. The Morgan fingerprint density at radius 3 is 2.79 bits per heavy atom. The van der Waals surface area contributed by atoms with Crippen LogP contribution in [0.15, 0.2) is 48.5 Å². The zero-order chi connectivity index (χ0) is 17.1. The molecule has 4 heteroatoms. The molecular formula is C20H17N3O. The van der Waals surface area contributed by atoms with Crippen LogP contribution in [0.4, 0.5) is 0 Å². The molecule has 1 N–H and O–H groups in total. The molecule has 0 saturated heterocycles. The number of aryl methyl sites for hydroxylation is 2. The van der Waals surface area contributed by atoms with Gasteiger partial charge in [-0.05, 0) is 49.7 Å². The number of nitriles is 1. The molecule has 4 nitrogen and oxygen atoms in total. The Balaban J connectivity index is 1.83. The molecule has 0 aliphatic rings. The van der Waals surface area contributed by atoms with E-state index in [9.17, 15) is 4.79 Å². The molecule has 118 valence electrons. The third-order valence-electron chi connectivity index (χ3n) is 3.91. The minimum Gasteiger partial charge on any atom is -0.348 e. The summed E-state index contributed by atoms with van der Waals surface area (Å²) in [6, 6.07) is 17.2. The van der Waals surface area contributed by atoms with Crippen molar-refractivity contribution in [2.45, 2.75) is 20.4 Å². The van der Waals surface area contributed by atoms with Gasteiger partial charge < -0.3 is 5.32 Å². The molecular weight excluding hydrogens is 298 g/mol. The van der Waals surface area contributed by atoms with E-state index in [0.717, 1.165) is 22.0 Å². The molecule has 0 saturated carbocycles. The second-order valence-corrected chi connectivity index (χ2v) is 5.81. The van der Waals surface area contributed by atoms with Crippen LogP contribution in [0.25, 0.3) is 10.9 Å². The molecule has 0 spiro atoms. The smallest absolute Gasteiger partial charge is 0.253 e. The highest BCUT2D eigenvalue weighted by molar-refractivity contribution is 5.98. The zero-order valence-corrected chi connectivity index (χ0v) is 13.6. The minimum atomic E-state index is -0.161. The number of amides is 1. The van der Waals surface area contributed by atoms with Crippen LogP contribution in [0, 0.1) is 25.2 Å². The van der Waals surface area contributed by atoms with E-state index >= 15 is 0 Å². The lowest BCUT2D eigenvalue weighted by Gasteiger charge is -2.09. The van der Waals surface area contributed by atoms with Gasteiger partial charge in [0.2, 0.25) is 0 Å². The number of benzene rings is 2. The van der Waals surface area contributed by atoms with Crippen molar-refractivity contribution in [3.63, 3.8) is 0 Å². The molecule has 0 atom stereocenters. The third kappa shape index (κ3) is 3.26. The van der Waals surface area contributed by atoms with Gasteiger partial charge in [0.15, 0.2) is 0 Å². The summed E-state index contributed by atoms with van der Waals surface area (Å²) in [6.45, 7) is 4.23. The lowest BCUT2D eigenvalue weighted by atomic mass is 10.1. The van der Waals surface area contributed by atoms with E-state index < -0.39 is 0 Å². The predicted molar refractivity (Wildman–Crippen MR) is 93.5 cm³/mol. The van der Waals surface area contributed by atoms with Gasteiger partial charge in [0, 0.05) is 11.9 Å². The topological polar surface area (TPSA) is 65.8 Å². The van der Waals surface area contributed by atoms with E-state index in [2.05, 4.69) is 16.4 Å². The molecule has 24 heavy (non-hydrogen) atoms. The zero-order valence-electron chi connectivity index (χ0n) is 13.6.